The summed E-state index contributed by atoms with van der Waals surface area (Å²) in [6.07, 6.45) is 0.634. The molecule has 6 heteroatoms. The number of benzene rings is 1. The molecule has 0 aliphatic carbocycles. The molecule has 1 atom stereocenters. The maximum absolute atomic E-state index is 12.2. The second-order valence-electron chi connectivity index (χ2n) is 5.29. The molecule has 2 rings (SSSR count). The summed E-state index contributed by atoms with van der Waals surface area (Å²) in [6, 6.07) is 4.20. The van der Waals surface area contributed by atoms with Crippen LogP contribution in [-0.2, 0) is 11.3 Å². The molecule has 0 spiro atoms. The number of hydrogen-bond donors (Lipinski definition) is 1. The van der Waals surface area contributed by atoms with Crippen LogP contribution in [0, 0.1) is 5.92 Å². The molecule has 1 aromatic carbocycles. The number of rotatable bonds is 4. The molecule has 0 saturated carbocycles. The topological polar surface area (TPSA) is 49.4 Å². The van der Waals surface area contributed by atoms with E-state index < -0.39 is 6.04 Å². The van der Waals surface area contributed by atoms with Gasteiger partial charge in [-0.2, -0.15) is 0 Å². The number of nitrogens with zero attached hydrogens (tertiary/aromatic N) is 1. The number of carbonyl (C=O) groups excluding carboxylic acids is 2. The monoisotopic (exact) mass is 314 g/mol. The quantitative estimate of drug-likeness (QED) is 0.865. The summed E-state index contributed by atoms with van der Waals surface area (Å²) in [6.45, 7) is 4.19. The molecule has 1 aromatic rings. The Morgan fingerprint density at radius 1 is 1.30 bits per heavy atom. The Bertz CT molecular complexity index is 546. The SMILES string of the molecule is CC(C)C[C@@H]1NC(=O)N(Cc2ccc(Cl)cc2Cl)C1=O. The Morgan fingerprint density at radius 3 is 2.60 bits per heavy atom. The van der Waals surface area contributed by atoms with Crippen molar-refractivity contribution in [3.63, 3.8) is 0 Å². The average molecular weight is 315 g/mol. The number of carbonyl (C=O) groups is 2. The summed E-state index contributed by atoms with van der Waals surface area (Å²) in [7, 11) is 0. The van der Waals surface area contributed by atoms with Crippen molar-refractivity contribution in [2.24, 2.45) is 5.92 Å². The third kappa shape index (κ3) is 3.25. The first-order valence-corrected chi connectivity index (χ1v) is 7.20. The van der Waals surface area contributed by atoms with Gasteiger partial charge in [-0.25, -0.2) is 4.79 Å². The van der Waals surface area contributed by atoms with E-state index in [1.165, 1.54) is 4.90 Å². The van der Waals surface area contributed by atoms with Crippen molar-refractivity contribution in [1.82, 2.24) is 10.2 Å². The number of imide groups is 1. The molecule has 1 fully saturated rings. The van der Waals surface area contributed by atoms with Crippen LogP contribution in [0.3, 0.4) is 0 Å². The van der Waals surface area contributed by atoms with Gasteiger partial charge in [0.15, 0.2) is 0 Å². The van der Waals surface area contributed by atoms with Crippen LogP contribution in [0.4, 0.5) is 4.79 Å². The molecule has 0 bridgehead atoms. The molecule has 0 unspecified atom stereocenters. The van der Waals surface area contributed by atoms with Crippen LogP contribution in [0.15, 0.2) is 18.2 Å². The first-order chi connectivity index (χ1) is 9.38. The van der Waals surface area contributed by atoms with Gasteiger partial charge in [0.2, 0.25) is 0 Å². The number of amides is 3. The van der Waals surface area contributed by atoms with E-state index >= 15 is 0 Å². The Hall–Kier alpha value is -1.26. The van der Waals surface area contributed by atoms with Gasteiger partial charge in [0.05, 0.1) is 6.54 Å². The second kappa shape index (κ2) is 6.02. The van der Waals surface area contributed by atoms with Crippen molar-refractivity contribution >= 4 is 35.1 Å². The smallest absolute Gasteiger partial charge is 0.325 e. The third-order valence-electron chi connectivity index (χ3n) is 3.16. The van der Waals surface area contributed by atoms with Gasteiger partial charge in [-0.1, -0.05) is 43.1 Å². The van der Waals surface area contributed by atoms with Crippen molar-refractivity contribution < 1.29 is 9.59 Å². The van der Waals surface area contributed by atoms with Gasteiger partial charge < -0.3 is 5.32 Å². The molecule has 1 aliphatic heterocycles. The molecule has 1 saturated heterocycles. The van der Waals surface area contributed by atoms with Crippen molar-refractivity contribution in [2.75, 3.05) is 0 Å². The van der Waals surface area contributed by atoms with Gasteiger partial charge in [-0.15, -0.1) is 0 Å². The number of nitrogens with one attached hydrogen (secondary N) is 1. The van der Waals surface area contributed by atoms with Crippen molar-refractivity contribution in [1.29, 1.82) is 0 Å². The Labute approximate surface area is 128 Å². The van der Waals surface area contributed by atoms with E-state index in [1.54, 1.807) is 18.2 Å². The van der Waals surface area contributed by atoms with Crippen molar-refractivity contribution in [2.45, 2.75) is 32.9 Å². The van der Waals surface area contributed by atoms with Gasteiger partial charge in [-0.05, 0) is 30.0 Å². The van der Waals surface area contributed by atoms with Gasteiger partial charge in [0.25, 0.3) is 5.91 Å². The highest BCUT2D eigenvalue weighted by molar-refractivity contribution is 6.35. The summed E-state index contributed by atoms with van der Waals surface area (Å²) >= 11 is 11.9. The highest BCUT2D eigenvalue weighted by Crippen LogP contribution is 2.24. The second-order valence-corrected chi connectivity index (χ2v) is 6.14. The predicted molar refractivity (Wildman–Crippen MR) is 78.8 cm³/mol. The zero-order chi connectivity index (χ0) is 14.9. The largest absolute Gasteiger partial charge is 0.326 e. The molecule has 1 aliphatic rings. The molecule has 0 radical (unpaired) electrons. The van der Waals surface area contributed by atoms with Crippen LogP contribution in [0.5, 0.6) is 0 Å². The van der Waals surface area contributed by atoms with E-state index in [0.29, 0.717) is 27.9 Å². The summed E-state index contributed by atoms with van der Waals surface area (Å²) < 4.78 is 0. The van der Waals surface area contributed by atoms with Crippen LogP contribution in [0.25, 0.3) is 0 Å². The summed E-state index contributed by atoms with van der Waals surface area (Å²) in [5, 5.41) is 3.68. The molecule has 4 nitrogen and oxygen atoms in total. The molecule has 3 amide bonds. The lowest BCUT2D eigenvalue weighted by atomic mass is 10.0. The molecular weight excluding hydrogens is 299 g/mol. The Balaban J connectivity index is 2.13. The minimum absolute atomic E-state index is 0.162. The van der Waals surface area contributed by atoms with E-state index in [9.17, 15) is 9.59 Å². The van der Waals surface area contributed by atoms with E-state index in [4.69, 9.17) is 23.2 Å². The minimum Gasteiger partial charge on any atom is -0.326 e. The number of urea groups is 1. The zero-order valence-corrected chi connectivity index (χ0v) is 12.8. The third-order valence-corrected chi connectivity index (χ3v) is 3.74. The highest BCUT2D eigenvalue weighted by atomic mass is 35.5. The van der Waals surface area contributed by atoms with Crippen LogP contribution in [-0.4, -0.2) is 22.9 Å². The molecule has 20 heavy (non-hydrogen) atoms. The summed E-state index contributed by atoms with van der Waals surface area (Å²) in [5.41, 5.74) is 0.699. The fourth-order valence-electron chi connectivity index (χ4n) is 2.18. The first-order valence-electron chi connectivity index (χ1n) is 6.44. The van der Waals surface area contributed by atoms with Gasteiger partial charge in [-0.3, -0.25) is 9.69 Å². The first kappa shape index (κ1) is 15.1. The minimum atomic E-state index is -0.437. The standard InChI is InChI=1S/C14H16Cl2N2O2/c1-8(2)5-12-13(19)18(14(20)17-12)7-9-3-4-10(15)6-11(9)16/h3-4,6,8,12H,5,7H2,1-2H3,(H,17,20)/t12-/m0/s1. The Morgan fingerprint density at radius 2 is 2.00 bits per heavy atom. The van der Waals surface area contributed by atoms with Crippen LogP contribution in [0.2, 0.25) is 10.0 Å². The summed E-state index contributed by atoms with van der Waals surface area (Å²) in [4.78, 5) is 25.3. The zero-order valence-electron chi connectivity index (χ0n) is 11.3. The van der Waals surface area contributed by atoms with E-state index in [1.807, 2.05) is 13.8 Å². The van der Waals surface area contributed by atoms with Crippen LogP contribution < -0.4 is 5.32 Å². The molecule has 0 aromatic heterocycles. The lowest BCUT2D eigenvalue weighted by molar-refractivity contribution is -0.128. The number of halogens is 2. The van der Waals surface area contributed by atoms with Crippen LogP contribution in [0.1, 0.15) is 25.8 Å². The molecule has 1 heterocycles. The summed E-state index contributed by atoms with van der Waals surface area (Å²) in [5.74, 6) is 0.137. The normalized spacial score (nSPS) is 18.9. The van der Waals surface area contributed by atoms with Crippen molar-refractivity contribution in [3.8, 4) is 0 Å². The molecule has 108 valence electrons. The molecule has 1 N–H and O–H groups in total. The van der Waals surface area contributed by atoms with Gasteiger partial charge in [0.1, 0.15) is 6.04 Å². The van der Waals surface area contributed by atoms with Crippen LogP contribution >= 0.6 is 23.2 Å². The molecular formula is C14H16Cl2N2O2. The van der Waals surface area contributed by atoms with Crippen molar-refractivity contribution in [3.05, 3.63) is 33.8 Å². The fourth-order valence-corrected chi connectivity index (χ4v) is 2.65. The van der Waals surface area contributed by atoms with E-state index in [-0.39, 0.29) is 18.5 Å². The highest BCUT2D eigenvalue weighted by Gasteiger charge is 2.38. The van der Waals surface area contributed by atoms with Gasteiger partial charge in [0, 0.05) is 10.0 Å². The average Bonchev–Trinajstić information content (AvgIpc) is 2.59. The number of hydrogen-bond acceptors (Lipinski definition) is 2. The lowest BCUT2D eigenvalue weighted by Crippen LogP contribution is -2.31. The predicted octanol–water partition coefficient (Wildman–Crippen LogP) is 3.46. The maximum Gasteiger partial charge on any atom is 0.325 e. The maximum atomic E-state index is 12.2. The van der Waals surface area contributed by atoms with E-state index in [0.717, 1.165) is 0 Å². The fraction of sp³-hybridized carbons (Fsp3) is 0.429. The lowest BCUT2D eigenvalue weighted by Gasteiger charge is -2.15. The van der Waals surface area contributed by atoms with E-state index in [2.05, 4.69) is 5.32 Å². The van der Waals surface area contributed by atoms with Gasteiger partial charge >= 0.3 is 6.03 Å². The Kier molecular flexibility index (Phi) is 4.55.